The van der Waals surface area contributed by atoms with Gasteiger partial charge in [-0.3, -0.25) is 0 Å². The van der Waals surface area contributed by atoms with Crippen molar-refractivity contribution in [2.24, 2.45) is 0 Å². The lowest BCUT2D eigenvalue weighted by Crippen LogP contribution is -2.69. The number of ether oxygens (including phenoxy) is 2. The molecule has 0 amide bonds. The van der Waals surface area contributed by atoms with Gasteiger partial charge in [-0.1, -0.05) is 118 Å². The Hall–Kier alpha value is -2.45. The van der Waals surface area contributed by atoms with Gasteiger partial charge in [0.2, 0.25) is 0 Å². The van der Waals surface area contributed by atoms with Gasteiger partial charge < -0.3 is 19.0 Å². The summed E-state index contributed by atoms with van der Waals surface area (Å²) in [5, 5.41) is 13.6. The molecule has 0 aromatic heterocycles. The summed E-state index contributed by atoms with van der Waals surface area (Å²) >= 11 is 1.72. The minimum atomic E-state index is -2.86. The summed E-state index contributed by atoms with van der Waals surface area (Å²) in [5.74, 6) is 0.749. The minimum absolute atomic E-state index is 0.196. The first kappa shape index (κ1) is 29.5. The summed E-state index contributed by atoms with van der Waals surface area (Å²) in [6.07, 6.45) is 5.27. The van der Waals surface area contributed by atoms with E-state index in [9.17, 15) is 5.11 Å². The largest absolute Gasteiger partial charge is 0.398 e. The molecule has 1 aliphatic rings. The topological polar surface area (TPSA) is 47.9 Å². The number of aliphatic hydroxyl groups excluding tert-OH is 1. The molecule has 3 aromatic carbocycles. The van der Waals surface area contributed by atoms with Gasteiger partial charge in [0.15, 0.2) is 6.29 Å². The first-order chi connectivity index (χ1) is 18.8. The summed E-state index contributed by atoms with van der Waals surface area (Å²) in [7, 11) is -2.86. The highest BCUT2D eigenvalue weighted by Crippen LogP contribution is 2.39. The van der Waals surface area contributed by atoms with Crippen LogP contribution in [0.3, 0.4) is 0 Å². The van der Waals surface area contributed by atoms with Crippen molar-refractivity contribution in [3.05, 3.63) is 115 Å². The molecule has 0 unspecified atom stereocenters. The number of aliphatic hydroxyl groups is 1. The van der Waals surface area contributed by atoms with Crippen LogP contribution in [0.5, 0.6) is 0 Å². The molecule has 1 heterocycles. The normalized spacial score (nSPS) is 20.8. The van der Waals surface area contributed by atoms with Crippen LogP contribution in [0.15, 0.2) is 120 Å². The minimum Gasteiger partial charge on any atom is -0.398 e. The Morgan fingerprint density at radius 3 is 2.00 bits per heavy atom. The Kier molecular flexibility index (Phi) is 10.4. The molecule has 0 aliphatic carbocycles. The number of hydrogen-bond donors (Lipinski definition) is 1. The van der Waals surface area contributed by atoms with Gasteiger partial charge in [0, 0.05) is 17.3 Å². The van der Waals surface area contributed by atoms with Crippen LogP contribution < -0.4 is 10.4 Å². The molecular weight excluding hydrogens is 521 g/mol. The standard InChI is InChI=1S/C33H40O4SSi/c1-5-35-31-24-23-30(32(36-31)29(34)22-15-25-38-26-16-9-6-10-17-26)37-39(33(2,3)4,27-18-11-7-12-19-27)28-20-13-8-14-21-28/h6-24,29-32,34H,5,25H2,1-4H3/b22-15+/t29-,30-,31-,32+/m0/s1. The van der Waals surface area contributed by atoms with Crippen molar-refractivity contribution in [1.29, 1.82) is 0 Å². The predicted molar refractivity (Wildman–Crippen MR) is 164 cm³/mol. The average Bonchev–Trinajstić information content (AvgIpc) is 2.95. The van der Waals surface area contributed by atoms with Gasteiger partial charge in [-0.05, 0) is 40.5 Å². The van der Waals surface area contributed by atoms with E-state index in [4.69, 9.17) is 13.9 Å². The second kappa shape index (κ2) is 13.7. The molecule has 1 aliphatic heterocycles. The molecule has 0 saturated heterocycles. The van der Waals surface area contributed by atoms with E-state index < -0.39 is 32.9 Å². The Balaban J connectivity index is 1.66. The van der Waals surface area contributed by atoms with Gasteiger partial charge in [0.1, 0.15) is 12.2 Å². The fourth-order valence-corrected chi connectivity index (χ4v) is 10.5. The molecule has 1 N–H and O–H groups in total. The third-order valence-corrected chi connectivity index (χ3v) is 12.9. The first-order valence-corrected chi connectivity index (χ1v) is 16.5. The second-order valence-electron chi connectivity index (χ2n) is 10.6. The molecule has 6 heteroatoms. The third kappa shape index (κ3) is 7.20. The van der Waals surface area contributed by atoms with Crippen LogP contribution in [0.2, 0.25) is 5.04 Å². The van der Waals surface area contributed by atoms with Crippen LogP contribution in [0.4, 0.5) is 0 Å². The number of hydrogen-bond acceptors (Lipinski definition) is 5. The zero-order valence-corrected chi connectivity index (χ0v) is 25.1. The Morgan fingerprint density at radius 1 is 0.897 bits per heavy atom. The summed E-state index contributed by atoms with van der Waals surface area (Å²) in [6, 6.07) is 31.3. The second-order valence-corrected chi connectivity index (χ2v) is 15.9. The highest BCUT2D eigenvalue weighted by molar-refractivity contribution is 7.99. The fraction of sp³-hybridized carbons (Fsp3) is 0.333. The van der Waals surface area contributed by atoms with Gasteiger partial charge in [-0.25, -0.2) is 0 Å². The maximum atomic E-state index is 11.4. The van der Waals surface area contributed by atoms with Gasteiger partial charge in [-0.2, -0.15) is 0 Å². The van der Waals surface area contributed by atoms with Crippen molar-refractivity contribution in [3.63, 3.8) is 0 Å². The fourth-order valence-electron chi connectivity index (χ4n) is 5.09. The van der Waals surface area contributed by atoms with Crippen LogP contribution in [0, 0.1) is 0 Å². The summed E-state index contributed by atoms with van der Waals surface area (Å²) < 4.78 is 19.4. The molecule has 0 saturated carbocycles. The summed E-state index contributed by atoms with van der Waals surface area (Å²) in [4.78, 5) is 1.19. The molecule has 0 bridgehead atoms. The lowest BCUT2D eigenvalue weighted by Gasteiger charge is -2.47. The van der Waals surface area contributed by atoms with Gasteiger partial charge in [-0.15, -0.1) is 11.8 Å². The number of thioether (sulfide) groups is 1. The van der Waals surface area contributed by atoms with Crippen molar-refractivity contribution in [2.75, 3.05) is 12.4 Å². The molecule has 4 nitrogen and oxygen atoms in total. The van der Waals surface area contributed by atoms with E-state index in [2.05, 4.69) is 81.4 Å². The Bertz CT molecular complexity index is 1160. The van der Waals surface area contributed by atoms with E-state index in [1.54, 1.807) is 11.8 Å². The zero-order valence-electron chi connectivity index (χ0n) is 23.3. The lowest BCUT2D eigenvalue weighted by atomic mass is 10.0. The lowest BCUT2D eigenvalue weighted by molar-refractivity contribution is -0.186. The SMILES string of the molecule is CCO[C@@H]1C=C[C@H](O[Si](c2ccccc2)(c2ccccc2)C(C)(C)C)[C@@H]([C@@H](O)/C=C/CSc2ccccc2)O1. The average molecular weight is 561 g/mol. The summed E-state index contributed by atoms with van der Waals surface area (Å²) in [5.41, 5.74) is 0. The van der Waals surface area contributed by atoms with Crippen molar-refractivity contribution in [2.45, 2.75) is 62.2 Å². The molecule has 0 spiro atoms. The Morgan fingerprint density at radius 2 is 1.46 bits per heavy atom. The predicted octanol–water partition coefficient (Wildman–Crippen LogP) is 5.96. The van der Waals surface area contributed by atoms with Gasteiger partial charge in [0.25, 0.3) is 8.32 Å². The molecular formula is C33H40O4SSi. The maximum absolute atomic E-state index is 11.4. The van der Waals surface area contributed by atoms with Crippen LogP contribution in [-0.2, 0) is 13.9 Å². The van der Waals surface area contributed by atoms with Crippen LogP contribution in [0.25, 0.3) is 0 Å². The molecule has 206 valence electrons. The number of rotatable bonds is 11. The van der Waals surface area contributed by atoms with E-state index in [0.29, 0.717) is 6.61 Å². The monoisotopic (exact) mass is 560 g/mol. The molecule has 4 atom stereocenters. The highest BCUT2D eigenvalue weighted by Gasteiger charge is 2.53. The Labute approximate surface area is 238 Å². The van der Waals surface area contributed by atoms with Crippen molar-refractivity contribution in [1.82, 2.24) is 0 Å². The first-order valence-electron chi connectivity index (χ1n) is 13.6. The molecule has 0 radical (unpaired) electrons. The summed E-state index contributed by atoms with van der Waals surface area (Å²) in [6.45, 7) is 9.21. The number of benzene rings is 3. The van der Waals surface area contributed by atoms with Crippen LogP contribution in [-0.4, -0.2) is 50.4 Å². The van der Waals surface area contributed by atoms with Crippen molar-refractivity contribution in [3.8, 4) is 0 Å². The third-order valence-electron chi connectivity index (χ3n) is 6.89. The molecule has 3 aromatic rings. The highest BCUT2D eigenvalue weighted by atomic mass is 32.2. The smallest absolute Gasteiger partial charge is 0.262 e. The van der Waals surface area contributed by atoms with Crippen molar-refractivity contribution >= 4 is 30.5 Å². The maximum Gasteiger partial charge on any atom is 0.262 e. The van der Waals surface area contributed by atoms with E-state index >= 15 is 0 Å². The van der Waals surface area contributed by atoms with Crippen molar-refractivity contribution < 1.29 is 19.0 Å². The quantitative estimate of drug-likeness (QED) is 0.178. The molecule has 39 heavy (non-hydrogen) atoms. The van der Waals surface area contributed by atoms with E-state index in [-0.39, 0.29) is 5.04 Å². The molecule has 4 rings (SSSR count). The van der Waals surface area contributed by atoms with Gasteiger partial charge >= 0.3 is 0 Å². The van der Waals surface area contributed by atoms with Gasteiger partial charge in [0.05, 0.1) is 6.10 Å². The molecule has 0 fully saturated rings. The van der Waals surface area contributed by atoms with E-state index in [1.165, 1.54) is 15.3 Å². The van der Waals surface area contributed by atoms with E-state index in [1.807, 2.05) is 61.6 Å². The van der Waals surface area contributed by atoms with Crippen LogP contribution in [0.1, 0.15) is 27.7 Å². The van der Waals surface area contributed by atoms with E-state index in [0.717, 1.165) is 5.75 Å². The zero-order chi connectivity index (χ0) is 27.7. The van der Waals surface area contributed by atoms with Crippen LogP contribution >= 0.6 is 11.8 Å².